The van der Waals surface area contributed by atoms with Gasteiger partial charge in [-0.1, -0.05) is 11.6 Å². The zero-order valence-electron chi connectivity index (χ0n) is 10.1. The van der Waals surface area contributed by atoms with Crippen molar-refractivity contribution in [2.75, 3.05) is 5.32 Å². The van der Waals surface area contributed by atoms with Gasteiger partial charge in [-0.3, -0.25) is 10.1 Å². The summed E-state index contributed by atoms with van der Waals surface area (Å²) >= 11 is 10.1. The van der Waals surface area contributed by atoms with Gasteiger partial charge in [0.25, 0.3) is 0 Å². The van der Waals surface area contributed by atoms with Crippen LogP contribution in [0.15, 0.2) is 16.7 Å². The third-order valence-electron chi connectivity index (χ3n) is 2.55. The van der Waals surface area contributed by atoms with E-state index in [0.29, 0.717) is 22.3 Å². The first-order valence-corrected chi connectivity index (χ1v) is 7.36. The maximum absolute atomic E-state index is 13.9. The van der Waals surface area contributed by atoms with Crippen molar-refractivity contribution >= 4 is 50.2 Å². The average molecular weight is 381 g/mol. The van der Waals surface area contributed by atoms with Crippen LogP contribution in [0.3, 0.4) is 0 Å². The Morgan fingerprint density at radius 1 is 1.65 bits per heavy atom. The largest absolute Gasteiger partial charge is 0.379 e. The van der Waals surface area contributed by atoms with Crippen molar-refractivity contribution < 1.29 is 9.31 Å². The van der Waals surface area contributed by atoms with Gasteiger partial charge in [-0.2, -0.15) is 4.39 Å². The van der Waals surface area contributed by atoms with Crippen molar-refractivity contribution in [1.82, 2.24) is 4.98 Å². The van der Waals surface area contributed by atoms with Crippen molar-refractivity contribution in [1.29, 1.82) is 0 Å². The zero-order chi connectivity index (χ0) is 14.9. The molecule has 5 nitrogen and oxygen atoms in total. The summed E-state index contributed by atoms with van der Waals surface area (Å²) in [7, 11) is 0. The second-order valence-corrected chi connectivity index (χ2v) is 6.40. The number of aryl methyl sites for hydroxylation is 1. The summed E-state index contributed by atoms with van der Waals surface area (Å²) in [6.45, 7) is 2.07. The highest BCUT2D eigenvalue weighted by atomic mass is 79.9. The molecule has 0 unspecified atom stereocenters. The van der Waals surface area contributed by atoms with E-state index in [2.05, 4.69) is 26.2 Å². The van der Waals surface area contributed by atoms with E-state index >= 15 is 0 Å². The summed E-state index contributed by atoms with van der Waals surface area (Å²) in [4.78, 5) is 14.7. The lowest BCUT2D eigenvalue weighted by Gasteiger charge is -2.11. The predicted octanol–water partition coefficient (Wildman–Crippen LogP) is 4.53. The van der Waals surface area contributed by atoms with Crippen LogP contribution in [-0.4, -0.2) is 9.91 Å². The zero-order valence-corrected chi connectivity index (χ0v) is 13.3. The number of nitrogens with zero attached hydrogens (tertiary/aromatic N) is 2. The fourth-order valence-electron chi connectivity index (χ4n) is 1.63. The molecule has 2 aromatic rings. The van der Waals surface area contributed by atoms with Crippen LogP contribution in [0.2, 0.25) is 4.47 Å². The summed E-state index contributed by atoms with van der Waals surface area (Å²) < 4.78 is 14.3. The van der Waals surface area contributed by atoms with Gasteiger partial charge in [0.05, 0.1) is 21.6 Å². The van der Waals surface area contributed by atoms with Crippen molar-refractivity contribution in [3.8, 4) is 0 Å². The maximum Gasteiger partial charge on any atom is 0.306 e. The summed E-state index contributed by atoms with van der Waals surface area (Å²) in [5.41, 5.74) is 0.485. The van der Waals surface area contributed by atoms with Crippen LogP contribution in [0.4, 0.5) is 15.8 Å². The lowest BCUT2D eigenvalue weighted by Crippen LogP contribution is -2.04. The van der Waals surface area contributed by atoms with Crippen molar-refractivity contribution in [2.45, 2.75) is 13.5 Å². The number of benzene rings is 1. The third kappa shape index (κ3) is 3.08. The van der Waals surface area contributed by atoms with E-state index in [1.807, 2.05) is 0 Å². The first-order valence-electron chi connectivity index (χ1n) is 5.37. The number of halogens is 3. The number of nitro benzene ring substituents is 1. The van der Waals surface area contributed by atoms with Crippen LogP contribution in [0, 0.1) is 22.9 Å². The summed E-state index contributed by atoms with van der Waals surface area (Å²) in [6, 6.07) is 1.20. The molecule has 0 aliphatic heterocycles. The van der Waals surface area contributed by atoms with Gasteiger partial charge < -0.3 is 5.32 Å². The normalized spacial score (nSPS) is 10.6. The molecule has 0 fully saturated rings. The maximum atomic E-state index is 13.9. The average Bonchev–Trinajstić information content (AvgIpc) is 2.79. The molecule has 1 aromatic carbocycles. The third-order valence-corrected chi connectivity index (χ3v) is 4.41. The number of nitrogens with one attached hydrogen (secondary N) is 1. The number of thiazole rings is 1. The molecule has 0 bridgehead atoms. The Kier molecular flexibility index (Phi) is 4.56. The molecule has 1 N–H and O–H groups in total. The Bertz CT molecular complexity index is 680. The SMILES string of the molecule is Cc1cc([N+](=O)[O-])c(F)c(Br)c1NCc1cnc(Cl)s1. The monoisotopic (exact) mass is 379 g/mol. The van der Waals surface area contributed by atoms with Gasteiger partial charge >= 0.3 is 5.69 Å². The number of aromatic nitrogens is 1. The molecule has 2 rings (SSSR count). The van der Waals surface area contributed by atoms with Gasteiger partial charge in [0.1, 0.15) is 0 Å². The fourth-order valence-corrected chi connectivity index (χ4v) is 3.20. The molecule has 1 aromatic heterocycles. The highest BCUT2D eigenvalue weighted by Gasteiger charge is 2.22. The van der Waals surface area contributed by atoms with Crippen LogP contribution in [-0.2, 0) is 6.54 Å². The van der Waals surface area contributed by atoms with E-state index in [4.69, 9.17) is 11.6 Å². The quantitative estimate of drug-likeness (QED) is 0.625. The second-order valence-electron chi connectivity index (χ2n) is 3.91. The Morgan fingerprint density at radius 3 is 2.90 bits per heavy atom. The summed E-state index contributed by atoms with van der Waals surface area (Å²) in [6.07, 6.45) is 1.62. The Hall–Kier alpha value is -1.25. The van der Waals surface area contributed by atoms with Crippen molar-refractivity contribution in [3.05, 3.63) is 47.6 Å². The molecule has 0 radical (unpaired) electrons. The van der Waals surface area contributed by atoms with E-state index in [0.717, 1.165) is 4.88 Å². The van der Waals surface area contributed by atoms with Gasteiger partial charge in [0.2, 0.25) is 5.82 Å². The fraction of sp³-hybridized carbons (Fsp3) is 0.182. The predicted molar refractivity (Wildman–Crippen MR) is 79.9 cm³/mol. The van der Waals surface area contributed by atoms with Gasteiger partial charge in [-0.05, 0) is 28.4 Å². The van der Waals surface area contributed by atoms with E-state index in [1.54, 1.807) is 13.1 Å². The van der Waals surface area contributed by atoms with Crippen LogP contribution in [0.25, 0.3) is 0 Å². The van der Waals surface area contributed by atoms with Crippen LogP contribution >= 0.6 is 38.9 Å². The molecular formula is C11H8BrClFN3O2S. The van der Waals surface area contributed by atoms with Crippen LogP contribution < -0.4 is 5.32 Å². The Labute approximate surface area is 131 Å². The first kappa shape index (κ1) is 15.1. The topological polar surface area (TPSA) is 68.1 Å². The van der Waals surface area contributed by atoms with Crippen LogP contribution in [0.5, 0.6) is 0 Å². The molecular weight excluding hydrogens is 373 g/mol. The number of hydrogen-bond acceptors (Lipinski definition) is 5. The number of nitro groups is 1. The number of anilines is 1. The molecule has 0 aliphatic carbocycles. The Balaban J connectivity index is 2.28. The smallest absolute Gasteiger partial charge is 0.306 e. The molecule has 0 atom stereocenters. The van der Waals surface area contributed by atoms with Crippen molar-refractivity contribution in [3.63, 3.8) is 0 Å². The van der Waals surface area contributed by atoms with E-state index in [-0.39, 0.29) is 4.47 Å². The standard InChI is InChI=1S/C11H8BrClFN3O2S/c1-5-2-7(17(18)19)9(14)8(12)10(5)15-3-6-4-16-11(13)20-6/h2,4,15H,3H2,1H3. The van der Waals surface area contributed by atoms with Crippen LogP contribution in [0.1, 0.15) is 10.4 Å². The lowest BCUT2D eigenvalue weighted by molar-refractivity contribution is -0.387. The Morgan fingerprint density at radius 2 is 2.35 bits per heavy atom. The highest BCUT2D eigenvalue weighted by Crippen LogP contribution is 2.35. The number of rotatable bonds is 4. The minimum Gasteiger partial charge on any atom is -0.379 e. The molecule has 1 heterocycles. The van der Waals surface area contributed by atoms with Gasteiger partial charge in [-0.25, -0.2) is 4.98 Å². The minimum atomic E-state index is -0.898. The molecule has 0 spiro atoms. The molecule has 20 heavy (non-hydrogen) atoms. The highest BCUT2D eigenvalue weighted by molar-refractivity contribution is 9.10. The minimum absolute atomic E-state index is 0.0415. The molecule has 0 aliphatic rings. The summed E-state index contributed by atoms with van der Waals surface area (Å²) in [5, 5.41) is 13.7. The van der Waals surface area contributed by atoms with Gasteiger partial charge in [0, 0.05) is 17.1 Å². The molecule has 0 saturated carbocycles. The van der Waals surface area contributed by atoms with Crippen molar-refractivity contribution in [2.24, 2.45) is 0 Å². The van der Waals surface area contributed by atoms with E-state index in [1.165, 1.54) is 17.4 Å². The molecule has 106 valence electrons. The second kappa shape index (κ2) is 6.02. The summed E-state index contributed by atoms with van der Waals surface area (Å²) in [5.74, 6) is -0.898. The lowest BCUT2D eigenvalue weighted by atomic mass is 10.1. The van der Waals surface area contributed by atoms with Gasteiger partial charge in [0.15, 0.2) is 4.47 Å². The molecule has 0 saturated heterocycles. The van der Waals surface area contributed by atoms with E-state index in [9.17, 15) is 14.5 Å². The molecule has 9 heteroatoms. The number of hydrogen-bond donors (Lipinski definition) is 1. The van der Waals surface area contributed by atoms with Gasteiger partial charge in [-0.15, -0.1) is 11.3 Å². The first-order chi connectivity index (χ1) is 9.40. The molecule has 0 amide bonds. The van der Waals surface area contributed by atoms with E-state index < -0.39 is 16.4 Å².